The van der Waals surface area contributed by atoms with Crippen molar-refractivity contribution in [3.8, 4) is 17.6 Å². The highest BCUT2D eigenvalue weighted by molar-refractivity contribution is 9.10. The van der Waals surface area contributed by atoms with Gasteiger partial charge in [0.25, 0.3) is 5.91 Å². The largest absolute Gasteiger partial charge is 0.493 e. The molecule has 0 radical (unpaired) electrons. The highest BCUT2D eigenvalue weighted by Gasteiger charge is 2.06. The molecule has 0 atom stereocenters. The van der Waals surface area contributed by atoms with Crippen LogP contribution in [0.1, 0.15) is 17.5 Å². The number of hydrazone groups is 1. The molecule has 0 aromatic heterocycles. The number of benzene rings is 2. The molecule has 128 valence electrons. The van der Waals surface area contributed by atoms with E-state index < -0.39 is 5.91 Å². The third kappa shape index (κ3) is 5.94. The Morgan fingerprint density at radius 1 is 1.28 bits per heavy atom. The van der Waals surface area contributed by atoms with Crippen molar-refractivity contribution in [3.63, 3.8) is 0 Å². The molecule has 0 unspecified atom stereocenters. The first-order valence-corrected chi connectivity index (χ1v) is 8.16. The Morgan fingerprint density at radius 3 is 2.72 bits per heavy atom. The van der Waals surface area contributed by atoms with E-state index in [0.29, 0.717) is 18.1 Å². The molecule has 0 fully saturated rings. The number of amides is 1. The quantitative estimate of drug-likeness (QED) is 0.569. The molecule has 25 heavy (non-hydrogen) atoms. The molecule has 0 saturated heterocycles. The normalized spacial score (nSPS) is 10.3. The summed E-state index contributed by atoms with van der Waals surface area (Å²) < 4.78 is 12.1. The lowest BCUT2D eigenvalue weighted by molar-refractivity contribution is -0.120. The third-order valence-electron chi connectivity index (χ3n) is 3.14. The van der Waals surface area contributed by atoms with Crippen LogP contribution in [0.3, 0.4) is 0 Å². The van der Waals surface area contributed by atoms with Gasteiger partial charge in [0.15, 0.2) is 11.5 Å². The van der Waals surface area contributed by atoms with E-state index >= 15 is 0 Å². The molecule has 2 rings (SSSR count). The van der Waals surface area contributed by atoms with Crippen LogP contribution in [0.15, 0.2) is 52.0 Å². The summed E-state index contributed by atoms with van der Waals surface area (Å²) in [6.07, 6.45) is 1.24. The Kier molecular flexibility index (Phi) is 6.99. The van der Waals surface area contributed by atoms with E-state index in [9.17, 15) is 4.79 Å². The maximum absolute atomic E-state index is 11.2. The zero-order valence-corrected chi connectivity index (χ0v) is 15.1. The number of nitriles is 1. The summed E-state index contributed by atoms with van der Waals surface area (Å²) in [6, 6.07) is 14.9. The summed E-state index contributed by atoms with van der Waals surface area (Å²) in [4.78, 5) is 11.2. The van der Waals surface area contributed by atoms with Crippen LogP contribution in [-0.4, -0.2) is 19.2 Å². The average Bonchev–Trinajstić information content (AvgIpc) is 2.62. The molecule has 0 heterocycles. The van der Waals surface area contributed by atoms with Gasteiger partial charge in [-0.15, -0.1) is 0 Å². The van der Waals surface area contributed by atoms with Gasteiger partial charge in [-0.2, -0.15) is 10.4 Å². The average molecular weight is 402 g/mol. The minimum atomic E-state index is -0.458. The number of hydrogen-bond donors (Lipinski definition) is 1. The molecule has 6 nitrogen and oxygen atoms in total. The summed E-state index contributed by atoms with van der Waals surface area (Å²) >= 11 is 3.40. The van der Waals surface area contributed by atoms with Crippen LogP contribution in [0.4, 0.5) is 0 Å². The Hall–Kier alpha value is -2.85. The summed E-state index contributed by atoms with van der Waals surface area (Å²) in [5.41, 5.74) is 4.03. The molecule has 0 bridgehead atoms. The van der Waals surface area contributed by atoms with Crippen LogP contribution in [0.5, 0.6) is 11.5 Å². The van der Waals surface area contributed by atoms with Crippen LogP contribution in [0, 0.1) is 11.3 Å². The van der Waals surface area contributed by atoms with Crippen molar-refractivity contribution in [2.24, 2.45) is 5.10 Å². The maximum atomic E-state index is 11.2. The monoisotopic (exact) mass is 401 g/mol. The minimum Gasteiger partial charge on any atom is -0.493 e. The second kappa shape index (κ2) is 9.45. The molecule has 1 amide bonds. The van der Waals surface area contributed by atoms with Gasteiger partial charge in [-0.3, -0.25) is 4.79 Å². The highest BCUT2D eigenvalue weighted by Crippen LogP contribution is 2.28. The smallest absolute Gasteiger partial charge is 0.254 e. The lowest BCUT2D eigenvalue weighted by atomic mass is 10.2. The summed E-state index contributed by atoms with van der Waals surface area (Å²) in [7, 11) is 1.55. The van der Waals surface area contributed by atoms with E-state index in [1.165, 1.54) is 6.21 Å². The Labute approximate surface area is 154 Å². The number of carbonyl (C=O) groups is 1. The van der Waals surface area contributed by atoms with Crippen molar-refractivity contribution in [2.45, 2.75) is 13.0 Å². The number of rotatable bonds is 7. The second-order valence-corrected chi connectivity index (χ2v) is 5.87. The fourth-order valence-corrected chi connectivity index (χ4v) is 2.18. The van der Waals surface area contributed by atoms with Gasteiger partial charge in [-0.1, -0.05) is 28.1 Å². The number of hydrogen-bond acceptors (Lipinski definition) is 5. The van der Waals surface area contributed by atoms with Crippen LogP contribution in [-0.2, 0) is 11.4 Å². The zero-order chi connectivity index (χ0) is 18.1. The topological polar surface area (TPSA) is 83.7 Å². The van der Waals surface area contributed by atoms with Gasteiger partial charge in [0.1, 0.15) is 13.0 Å². The van der Waals surface area contributed by atoms with Gasteiger partial charge in [0.05, 0.1) is 19.4 Å². The molecular weight excluding hydrogens is 386 g/mol. The van der Waals surface area contributed by atoms with Gasteiger partial charge in [-0.25, -0.2) is 5.43 Å². The van der Waals surface area contributed by atoms with Crippen molar-refractivity contribution < 1.29 is 14.3 Å². The van der Waals surface area contributed by atoms with Crippen molar-refractivity contribution >= 4 is 28.1 Å². The van der Waals surface area contributed by atoms with Crippen LogP contribution >= 0.6 is 15.9 Å². The van der Waals surface area contributed by atoms with Crippen LogP contribution in [0.25, 0.3) is 0 Å². The number of methoxy groups -OCH3 is 1. The van der Waals surface area contributed by atoms with Gasteiger partial charge in [-0.05, 0) is 41.5 Å². The van der Waals surface area contributed by atoms with E-state index in [2.05, 4.69) is 26.5 Å². The maximum Gasteiger partial charge on any atom is 0.254 e. The first-order chi connectivity index (χ1) is 12.1. The molecule has 0 aliphatic rings. The molecule has 0 aliphatic carbocycles. The lowest BCUT2D eigenvalue weighted by Gasteiger charge is -2.11. The van der Waals surface area contributed by atoms with Crippen molar-refractivity contribution in [1.82, 2.24) is 5.43 Å². The van der Waals surface area contributed by atoms with Gasteiger partial charge < -0.3 is 9.47 Å². The van der Waals surface area contributed by atoms with Crippen molar-refractivity contribution in [3.05, 3.63) is 58.1 Å². The first-order valence-electron chi connectivity index (χ1n) is 7.36. The minimum absolute atomic E-state index is 0.233. The predicted molar refractivity (Wildman–Crippen MR) is 97.4 cm³/mol. The fourth-order valence-electron chi connectivity index (χ4n) is 1.92. The predicted octanol–water partition coefficient (Wildman–Crippen LogP) is 3.40. The molecule has 0 aliphatic heterocycles. The Bertz CT molecular complexity index is 798. The molecule has 2 aromatic rings. The fraction of sp³-hybridized carbons (Fsp3) is 0.167. The van der Waals surface area contributed by atoms with Crippen molar-refractivity contribution in [1.29, 1.82) is 5.26 Å². The second-order valence-electron chi connectivity index (χ2n) is 4.95. The molecule has 7 heteroatoms. The SMILES string of the molecule is COc1cc(/C=N/NC(=O)CC#N)ccc1OCc1ccc(Br)cc1. The molecule has 1 N–H and O–H groups in total. The summed E-state index contributed by atoms with van der Waals surface area (Å²) in [6.45, 7) is 0.418. The molecular formula is C18H16BrN3O3. The molecule has 0 saturated carbocycles. The van der Waals surface area contributed by atoms with Crippen LogP contribution in [0.2, 0.25) is 0 Å². The number of nitrogens with zero attached hydrogens (tertiary/aromatic N) is 2. The standard InChI is InChI=1S/C18H16BrN3O3/c1-24-17-10-14(11-21-22-18(23)8-9-20)4-7-16(17)25-12-13-2-5-15(19)6-3-13/h2-7,10-11H,8,12H2,1H3,(H,22,23)/b21-11+. The third-order valence-corrected chi connectivity index (χ3v) is 3.67. The van der Waals surface area contributed by atoms with Gasteiger partial charge in [0.2, 0.25) is 0 Å². The number of halogens is 1. The Balaban J connectivity index is 2.01. The number of ether oxygens (including phenoxy) is 2. The first kappa shape index (κ1) is 18.5. The molecule has 0 spiro atoms. The van der Waals surface area contributed by atoms with E-state index in [-0.39, 0.29) is 6.42 Å². The Morgan fingerprint density at radius 2 is 2.04 bits per heavy atom. The zero-order valence-electron chi connectivity index (χ0n) is 13.5. The van der Waals surface area contributed by atoms with Gasteiger partial charge in [0, 0.05) is 4.47 Å². The van der Waals surface area contributed by atoms with E-state index in [4.69, 9.17) is 14.7 Å². The number of carbonyl (C=O) groups excluding carboxylic acids is 1. The van der Waals surface area contributed by atoms with Crippen molar-refractivity contribution in [2.75, 3.05) is 7.11 Å². The lowest BCUT2D eigenvalue weighted by Crippen LogP contribution is -2.16. The van der Waals surface area contributed by atoms with E-state index in [1.54, 1.807) is 31.4 Å². The van der Waals surface area contributed by atoms with E-state index in [1.807, 2.05) is 24.3 Å². The van der Waals surface area contributed by atoms with Crippen LogP contribution < -0.4 is 14.9 Å². The summed E-state index contributed by atoms with van der Waals surface area (Å²) in [5.74, 6) is 0.709. The highest BCUT2D eigenvalue weighted by atomic mass is 79.9. The number of nitrogens with one attached hydrogen (secondary N) is 1. The molecule has 2 aromatic carbocycles. The van der Waals surface area contributed by atoms with E-state index in [0.717, 1.165) is 15.6 Å². The summed E-state index contributed by atoms with van der Waals surface area (Å²) in [5, 5.41) is 12.2. The van der Waals surface area contributed by atoms with Gasteiger partial charge >= 0.3 is 0 Å².